The van der Waals surface area contributed by atoms with Gasteiger partial charge in [0.15, 0.2) is 0 Å². The number of nitrogen functional groups attached to an aromatic ring is 1. The SMILES string of the molecule is CCN(CCc1cccc(N)c1)c1ccc(F)cc1. The van der Waals surface area contributed by atoms with Gasteiger partial charge in [-0.05, 0) is 55.3 Å². The molecule has 3 heteroatoms. The summed E-state index contributed by atoms with van der Waals surface area (Å²) in [4.78, 5) is 2.22. The monoisotopic (exact) mass is 258 g/mol. The zero-order chi connectivity index (χ0) is 13.7. The molecule has 0 saturated heterocycles. The summed E-state index contributed by atoms with van der Waals surface area (Å²) in [6, 6.07) is 14.6. The maximum atomic E-state index is 12.9. The van der Waals surface area contributed by atoms with Crippen LogP contribution < -0.4 is 10.6 Å². The predicted molar refractivity (Wildman–Crippen MR) is 78.8 cm³/mol. The molecule has 0 aromatic heterocycles. The third-order valence-corrected chi connectivity index (χ3v) is 3.19. The molecule has 0 saturated carbocycles. The Labute approximate surface area is 113 Å². The molecule has 0 atom stereocenters. The zero-order valence-corrected chi connectivity index (χ0v) is 11.1. The number of hydrogen-bond donors (Lipinski definition) is 1. The Bertz CT molecular complexity index is 523. The molecule has 19 heavy (non-hydrogen) atoms. The molecule has 0 bridgehead atoms. The molecule has 0 fully saturated rings. The smallest absolute Gasteiger partial charge is 0.123 e. The van der Waals surface area contributed by atoms with Crippen LogP contribution in [-0.4, -0.2) is 13.1 Å². The molecule has 2 rings (SSSR count). The number of hydrogen-bond acceptors (Lipinski definition) is 2. The third kappa shape index (κ3) is 3.71. The van der Waals surface area contributed by atoms with Gasteiger partial charge in [0.25, 0.3) is 0 Å². The highest BCUT2D eigenvalue weighted by molar-refractivity contribution is 5.46. The lowest BCUT2D eigenvalue weighted by molar-refractivity contribution is 0.627. The van der Waals surface area contributed by atoms with Crippen LogP contribution in [0.1, 0.15) is 12.5 Å². The minimum atomic E-state index is -0.198. The second-order valence-electron chi connectivity index (χ2n) is 4.55. The van der Waals surface area contributed by atoms with E-state index in [1.54, 1.807) is 0 Å². The molecule has 2 N–H and O–H groups in total. The Balaban J connectivity index is 2.01. The van der Waals surface area contributed by atoms with Crippen molar-refractivity contribution in [1.29, 1.82) is 0 Å². The molecule has 0 amide bonds. The fourth-order valence-electron chi connectivity index (χ4n) is 2.13. The van der Waals surface area contributed by atoms with Crippen LogP contribution in [0.15, 0.2) is 48.5 Å². The van der Waals surface area contributed by atoms with E-state index < -0.39 is 0 Å². The minimum Gasteiger partial charge on any atom is -0.399 e. The summed E-state index contributed by atoms with van der Waals surface area (Å²) < 4.78 is 12.9. The average molecular weight is 258 g/mol. The van der Waals surface area contributed by atoms with Crippen molar-refractivity contribution in [3.05, 3.63) is 59.9 Å². The fraction of sp³-hybridized carbons (Fsp3) is 0.250. The van der Waals surface area contributed by atoms with Crippen molar-refractivity contribution in [2.45, 2.75) is 13.3 Å². The quantitative estimate of drug-likeness (QED) is 0.832. The predicted octanol–water partition coefficient (Wildman–Crippen LogP) is 3.48. The van der Waals surface area contributed by atoms with Crippen LogP contribution in [-0.2, 0) is 6.42 Å². The summed E-state index contributed by atoms with van der Waals surface area (Å²) in [5.74, 6) is -0.198. The average Bonchev–Trinajstić information content (AvgIpc) is 2.41. The largest absolute Gasteiger partial charge is 0.399 e. The summed E-state index contributed by atoms with van der Waals surface area (Å²) in [7, 11) is 0. The fourth-order valence-corrected chi connectivity index (χ4v) is 2.13. The van der Waals surface area contributed by atoms with Gasteiger partial charge < -0.3 is 10.6 Å². The number of anilines is 2. The van der Waals surface area contributed by atoms with Gasteiger partial charge in [0, 0.05) is 24.5 Å². The lowest BCUT2D eigenvalue weighted by Crippen LogP contribution is -2.25. The van der Waals surface area contributed by atoms with E-state index in [1.165, 1.54) is 17.7 Å². The normalized spacial score (nSPS) is 10.4. The first-order valence-electron chi connectivity index (χ1n) is 6.54. The standard InChI is InChI=1S/C16H19FN2/c1-2-19(16-8-6-14(17)7-9-16)11-10-13-4-3-5-15(18)12-13/h3-9,12H,2,10-11,18H2,1H3. The highest BCUT2D eigenvalue weighted by Gasteiger charge is 2.04. The van der Waals surface area contributed by atoms with E-state index in [0.29, 0.717) is 0 Å². The highest BCUT2D eigenvalue weighted by atomic mass is 19.1. The summed E-state index contributed by atoms with van der Waals surface area (Å²) in [6.45, 7) is 3.89. The molecule has 0 aliphatic carbocycles. The number of halogens is 1. The van der Waals surface area contributed by atoms with E-state index in [9.17, 15) is 4.39 Å². The van der Waals surface area contributed by atoms with Crippen LogP contribution in [0.3, 0.4) is 0 Å². The van der Waals surface area contributed by atoms with E-state index in [1.807, 2.05) is 30.3 Å². The van der Waals surface area contributed by atoms with Crippen molar-refractivity contribution < 1.29 is 4.39 Å². The molecular formula is C16H19FN2. The zero-order valence-electron chi connectivity index (χ0n) is 11.1. The third-order valence-electron chi connectivity index (χ3n) is 3.19. The molecule has 0 aliphatic rings. The van der Waals surface area contributed by atoms with Gasteiger partial charge >= 0.3 is 0 Å². The number of nitrogens with zero attached hydrogens (tertiary/aromatic N) is 1. The van der Waals surface area contributed by atoms with E-state index >= 15 is 0 Å². The molecular weight excluding hydrogens is 239 g/mol. The van der Waals surface area contributed by atoms with Gasteiger partial charge in [-0.2, -0.15) is 0 Å². The van der Waals surface area contributed by atoms with Crippen molar-refractivity contribution in [2.75, 3.05) is 23.7 Å². The Morgan fingerprint density at radius 1 is 1.11 bits per heavy atom. The van der Waals surface area contributed by atoms with Crippen LogP contribution in [0.4, 0.5) is 15.8 Å². The molecule has 0 spiro atoms. The Kier molecular flexibility index (Phi) is 4.39. The van der Waals surface area contributed by atoms with Gasteiger partial charge in [0.2, 0.25) is 0 Å². The van der Waals surface area contributed by atoms with E-state index in [4.69, 9.17) is 5.73 Å². The molecule has 0 aliphatic heterocycles. The van der Waals surface area contributed by atoms with Gasteiger partial charge in [0.05, 0.1) is 0 Å². The lowest BCUT2D eigenvalue weighted by atomic mass is 10.1. The number of nitrogens with two attached hydrogens (primary N) is 1. The van der Waals surface area contributed by atoms with Gasteiger partial charge in [-0.3, -0.25) is 0 Å². The maximum Gasteiger partial charge on any atom is 0.123 e. The first kappa shape index (κ1) is 13.4. The Morgan fingerprint density at radius 2 is 1.84 bits per heavy atom. The van der Waals surface area contributed by atoms with Crippen LogP contribution in [0.5, 0.6) is 0 Å². The first-order chi connectivity index (χ1) is 9.19. The summed E-state index contributed by atoms with van der Waals surface area (Å²) in [6.07, 6.45) is 0.927. The summed E-state index contributed by atoms with van der Waals surface area (Å²) in [5.41, 5.74) is 8.84. The molecule has 2 nitrogen and oxygen atoms in total. The molecule has 2 aromatic carbocycles. The maximum absolute atomic E-state index is 12.9. The van der Waals surface area contributed by atoms with Crippen LogP contribution >= 0.6 is 0 Å². The molecule has 0 radical (unpaired) electrons. The topological polar surface area (TPSA) is 29.3 Å². The van der Waals surface area contributed by atoms with E-state index in [2.05, 4.69) is 17.9 Å². The van der Waals surface area contributed by atoms with Crippen molar-refractivity contribution in [2.24, 2.45) is 0 Å². The van der Waals surface area contributed by atoms with Crippen molar-refractivity contribution in [3.63, 3.8) is 0 Å². The van der Waals surface area contributed by atoms with Crippen LogP contribution in [0.2, 0.25) is 0 Å². The van der Waals surface area contributed by atoms with Gasteiger partial charge in [-0.25, -0.2) is 4.39 Å². The molecule has 100 valence electrons. The number of benzene rings is 2. The number of likely N-dealkylation sites (N-methyl/N-ethyl adjacent to an activating group) is 1. The van der Waals surface area contributed by atoms with E-state index in [-0.39, 0.29) is 5.82 Å². The van der Waals surface area contributed by atoms with Gasteiger partial charge in [0.1, 0.15) is 5.82 Å². The highest BCUT2D eigenvalue weighted by Crippen LogP contribution is 2.16. The summed E-state index contributed by atoms with van der Waals surface area (Å²) >= 11 is 0. The molecule has 0 unspecified atom stereocenters. The van der Waals surface area contributed by atoms with Crippen molar-refractivity contribution in [3.8, 4) is 0 Å². The lowest BCUT2D eigenvalue weighted by Gasteiger charge is -2.23. The van der Waals surface area contributed by atoms with Crippen LogP contribution in [0.25, 0.3) is 0 Å². The second kappa shape index (κ2) is 6.23. The minimum absolute atomic E-state index is 0.198. The number of rotatable bonds is 5. The Hall–Kier alpha value is -2.03. The molecule has 0 heterocycles. The molecule has 2 aromatic rings. The van der Waals surface area contributed by atoms with E-state index in [0.717, 1.165) is 30.9 Å². The van der Waals surface area contributed by atoms with Crippen molar-refractivity contribution >= 4 is 11.4 Å². The first-order valence-corrected chi connectivity index (χ1v) is 6.54. The van der Waals surface area contributed by atoms with Crippen LogP contribution in [0, 0.1) is 5.82 Å². The Morgan fingerprint density at radius 3 is 2.47 bits per heavy atom. The van der Waals surface area contributed by atoms with Gasteiger partial charge in [-0.1, -0.05) is 12.1 Å². The van der Waals surface area contributed by atoms with Gasteiger partial charge in [-0.15, -0.1) is 0 Å². The summed E-state index contributed by atoms with van der Waals surface area (Å²) in [5, 5.41) is 0. The van der Waals surface area contributed by atoms with Crippen molar-refractivity contribution in [1.82, 2.24) is 0 Å². The second-order valence-corrected chi connectivity index (χ2v) is 4.55.